The first-order valence-electron chi connectivity index (χ1n) is 7.88. The van der Waals surface area contributed by atoms with Gasteiger partial charge in [-0.2, -0.15) is 0 Å². The summed E-state index contributed by atoms with van der Waals surface area (Å²) in [5, 5.41) is 12.7. The van der Waals surface area contributed by atoms with Crippen molar-refractivity contribution < 1.29 is 24.0 Å². The number of rotatable bonds is 7. The number of non-ortho nitro benzene ring substituents is 1. The molecule has 10 nitrogen and oxygen atoms in total. The fraction of sp³-hybridized carbons (Fsp3) is 0.118. The van der Waals surface area contributed by atoms with Crippen LogP contribution in [0, 0.1) is 10.1 Å². The first kappa shape index (κ1) is 20.6. The maximum atomic E-state index is 11.7. The summed E-state index contributed by atoms with van der Waals surface area (Å²) in [7, 11) is 0. The summed E-state index contributed by atoms with van der Waals surface area (Å²) in [6, 6.07) is 14.0. The van der Waals surface area contributed by atoms with E-state index in [9.17, 15) is 19.7 Å². The van der Waals surface area contributed by atoms with Crippen LogP contribution < -0.4 is 25.6 Å². The minimum atomic E-state index is -0.578. The van der Waals surface area contributed by atoms with E-state index in [2.05, 4.69) is 16.2 Å². The zero-order chi connectivity index (χ0) is 20.4. The van der Waals surface area contributed by atoms with E-state index in [0.29, 0.717) is 5.75 Å². The van der Waals surface area contributed by atoms with Gasteiger partial charge in [-0.1, -0.05) is 18.2 Å². The number of hydrogen-bond acceptors (Lipinski definition) is 7. The van der Waals surface area contributed by atoms with Gasteiger partial charge >= 0.3 is 0 Å². The summed E-state index contributed by atoms with van der Waals surface area (Å²) in [5.74, 6) is -0.254. The second kappa shape index (κ2) is 10.4. The smallest absolute Gasteiger partial charge is 0.276 e. The number of nitrogens with one attached hydrogen (secondary N) is 3. The van der Waals surface area contributed by atoms with Gasteiger partial charge < -0.3 is 9.47 Å². The maximum absolute atomic E-state index is 11.7. The second-order valence-electron chi connectivity index (χ2n) is 5.19. The standard InChI is InChI=1S/C17H16N4O6S/c22-15(10-26-14-8-6-12(7-9-14)21(24)25)18-17(28)20-19-16(23)11-27-13-4-2-1-3-5-13/h1-9H,10-11H2,(H,19,23)(H2,18,20,22,28). The van der Waals surface area contributed by atoms with E-state index in [1.54, 1.807) is 24.3 Å². The molecule has 0 aliphatic rings. The minimum Gasteiger partial charge on any atom is -0.484 e. The molecule has 0 spiro atoms. The molecule has 0 saturated heterocycles. The fourth-order valence-electron chi connectivity index (χ4n) is 1.84. The highest BCUT2D eigenvalue weighted by Crippen LogP contribution is 2.17. The van der Waals surface area contributed by atoms with E-state index in [4.69, 9.17) is 21.7 Å². The lowest BCUT2D eigenvalue weighted by Crippen LogP contribution is -2.50. The number of ether oxygens (including phenoxy) is 2. The van der Waals surface area contributed by atoms with E-state index >= 15 is 0 Å². The van der Waals surface area contributed by atoms with Gasteiger partial charge in [0, 0.05) is 12.1 Å². The number of nitro benzene ring substituents is 1. The van der Waals surface area contributed by atoms with Crippen LogP contribution in [0.3, 0.4) is 0 Å². The average Bonchev–Trinajstić information content (AvgIpc) is 2.70. The Bertz CT molecular complexity index is 844. The number of carbonyl (C=O) groups excluding carboxylic acids is 2. The largest absolute Gasteiger partial charge is 0.484 e. The first-order chi connectivity index (χ1) is 13.4. The molecule has 146 valence electrons. The molecular formula is C17H16N4O6S. The number of benzene rings is 2. The summed E-state index contributed by atoms with van der Waals surface area (Å²) in [5.41, 5.74) is 4.54. The molecule has 0 radical (unpaired) electrons. The number of nitrogens with zero attached hydrogens (tertiary/aromatic N) is 1. The summed E-state index contributed by atoms with van der Waals surface area (Å²) in [4.78, 5) is 33.4. The van der Waals surface area contributed by atoms with Crippen molar-refractivity contribution in [2.45, 2.75) is 0 Å². The normalized spacial score (nSPS) is 9.71. The van der Waals surface area contributed by atoms with Gasteiger partial charge in [-0.05, 0) is 36.5 Å². The highest BCUT2D eigenvalue weighted by atomic mass is 32.1. The van der Waals surface area contributed by atoms with Crippen molar-refractivity contribution in [3.8, 4) is 11.5 Å². The molecule has 0 aromatic heterocycles. The molecule has 2 aromatic rings. The molecule has 0 atom stereocenters. The van der Waals surface area contributed by atoms with Gasteiger partial charge in [-0.15, -0.1) is 0 Å². The Morgan fingerprint density at radius 3 is 2.07 bits per heavy atom. The average molecular weight is 404 g/mol. The monoisotopic (exact) mass is 404 g/mol. The van der Waals surface area contributed by atoms with Crippen LogP contribution in [0.15, 0.2) is 54.6 Å². The zero-order valence-corrected chi connectivity index (χ0v) is 15.2. The van der Waals surface area contributed by atoms with Crippen LogP contribution in [-0.4, -0.2) is 35.1 Å². The van der Waals surface area contributed by atoms with Gasteiger partial charge in [0.05, 0.1) is 4.92 Å². The van der Waals surface area contributed by atoms with E-state index in [1.807, 2.05) is 6.07 Å². The molecule has 11 heteroatoms. The number of hydrogen-bond donors (Lipinski definition) is 3. The highest BCUT2D eigenvalue weighted by Gasteiger charge is 2.09. The lowest BCUT2D eigenvalue weighted by Gasteiger charge is -2.11. The molecule has 0 fully saturated rings. The van der Waals surface area contributed by atoms with Crippen molar-refractivity contribution in [3.05, 3.63) is 64.7 Å². The van der Waals surface area contributed by atoms with Crippen LogP contribution in [0.1, 0.15) is 0 Å². The topological polar surface area (TPSA) is 132 Å². The summed E-state index contributed by atoms with van der Waals surface area (Å²) in [6.07, 6.45) is 0. The van der Waals surface area contributed by atoms with E-state index in [0.717, 1.165) is 0 Å². The lowest BCUT2D eigenvalue weighted by atomic mass is 10.3. The van der Waals surface area contributed by atoms with Crippen molar-refractivity contribution in [1.82, 2.24) is 16.2 Å². The minimum absolute atomic E-state index is 0.0887. The summed E-state index contributed by atoms with van der Waals surface area (Å²) < 4.78 is 10.4. The van der Waals surface area contributed by atoms with Gasteiger partial charge in [0.2, 0.25) is 0 Å². The molecule has 2 amide bonds. The fourth-order valence-corrected chi connectivity index (χ4v) is 2.00. The maximum Gasteiger partial charge on any atom is 0.276 e. The molecule has 0 unspecified atom stereocenters. The summed E-state index contributed by atoms with van der Waals surface area (Å²) >= 11 is 4.87. The molecular weight excluding hydrogens is 388 g/mol. The molecule has 3 N–H and O–H groups in total. The third-order valence-corrected chi connectivity index (χ3v) is 3.30. The lowest BCUT2D eigenvalue weighted by molar-refractivity contribution is -0.384. The third-order valence-electron chi connectivity index (χ3n) is 3.10. The summed E-state index contributed by atoms with van der Waals surface area (Å²) in [6.45, 7) is -0.610. The Morgan fingerprint density at radius 2 is 1.46 bits per heavy atom. The third kappa shape index (κ3) is 7.25. The zero-order valence-electron chi connectivity index (χ0n) is 14.4. The van der Waals surface area contributed by atoms with Crippen LogP contribution in [0.4, 0.5) is 5.69 Å². The predicted molar refractivity (Wildman–Crippen MR) is 103 cm³/mol. The number of amides is 2. The van der Waals surface area contributed by atoms with Gasteiger partial charge in [-0.3, -0.25) is 35.9 Å². The van der Waals surface area contributed by atoms with Crippen molar-refractivity contribution >= 4 is 34.8 Å². The number of thiocarbonyl (C=S) groups is 1. The molecule has 2 aromatic carbocycles. The number of nitro groups is 1. The number of carbonyl (C=O) groups is 2. The Balaban J connectivity index is 1.64. The number of hydrazine groups is 1. The molecule has 0 saturated carbocycles. The molecule has 0 aliphatic heterocycles. The quantitative estimate of drug-likeness (QED) is 0.355. The van der Waals surface area contributed by atoms with Gasteiger partial charge in [0.1, 0.15) is 11.5 Å². The van der Waals surface area contributed by atoms with Crippen LogP contribution in [0.25, 0.3) is 0 Å². The molecule has 0 aliphatic carbocycles. The second-order valence-corrected chi connectivity index (χ2v) is 5.60. The van der Waals surface area contributed by atoms with Crippen molar-refractivity contribution in [1.29, 1.82) is 0 Å². The van der Waals surface area contributed by atoms with Gasteiger partial charge in [-0.25, -0.2) is 0 Å². The van der Waals surface area contributed by atoms with Crippen molar-refractivity contribution in [2.24, 2.45) is 0 Å². The van der Waals surface area contributed by atoms with Crippen molar-refractivity contribution in [2.75, 3.05) is 13.2 Å². The highest BCUT2D eigenvalue weighted by molar-refractivity contribution is 7.80. The molecule has 0 bridgehead atoms. The Labute approximate surface area is 164 Å². The molecule has 28 heavy (non-hydrogen) atoms. The molecule has 0 heterocycles. The van der Waals surface area contributed by atoms with Crippen LogP contribution in [0.2, 0.25) is 0 Å². The Morgan fingerprint density at radius 1 is 0.893 bits per heavy atom. The van der Waals surface area contributed by atoms with E-state index < -0.39 is 16.7 Å². The van der Waals surface area contributed by atoms with E-state index in [1.165, 1.54) is 24.3 Å². The predicted octanol–water partition coefficient (Wildman–Crippen LogP) is 1.07. The Kier molecular flexibility index (Phi) is 7.66. The van der Waals surface area contributed by atoms with Gasteiger partial charge in [0.15, 0.2) is 18.3 Å². The van der Waals surface area contributed by atoms with Crippen LogP contribution >= 0.6 is 12.2 Å². The van der Waals surface area contributed by atoms with Crippen LogP contribution in [-0.2, 0) is 9.59 Å². The van der Waals surface area contributed by atoms with E-state index in [-0.39, 0.29) is 29.8 Å². The number of para-hydroxylation sites is 1. The van der Waals surface area contributed by atoms with Gasteiger partial charge in [0.25, 0.3) is 17.5 Å². The first-order valence-corrected chi connectivity index (χ1v) is 8.28. The van der Waals surface area contributed by atoms with Crippen LogP contribution in [0.5, 0.6) is 11.5 Å². The SMILES string of the molecule is O=C(COc1ccccc1)NNC(=S)NC(=O)COc1ccc([N+](=O)[O-])cc1. The molecule has 2 rings (SSSR count). The van der Waals surface area contributed by atoms with Crippen molar-refractivity contribution in [3.63, 3.8) is 0 Å². The Hall–Kier alpha value is -3.73.